The molecule has 0 spiro atoms. The van der Waals surface area contributed by atoms with Crippen molar-refractivity contribution < 1.29 is 9.84 Å². The molecule has 4 aromatic rings. The molecule has 2 aromatic heterocycles. The predicted molar refractivity (Wildman–Crippen MR) is 107 cm³/mol. The summed E-state index contributed by atoms with van der Waals surface area (Å²) in [7, 11) is 1.56. The average Bonchev–Trinajstić information content (AvgIpc) is 3.02. The Morgan fingerprint density at radius 2 is 1.82 bits per heavy atom. The topological polar surface area (TPSA) is 93.0 Å². The van der Waals surface area contributed by atoms with E-state index in [0.717, 1.165) is 11.1 Å². The lowest BCUT2D eigenvalue weighted by atomic mass is 9.97. The molecule has 0 aliphatic heterocycles. The fourth-order valence-corrected chi connectivity index (χ4v) is 3.10. The number of fused-ring (bicyclic) bond motifs is 1. The van der Waals surface area contributed by atoms with Crippen LogP contribution in [0.1, 0.15) is 19.4 Å². The summed E-state index contributed by atoms with van der Waals surface area (Å²) in [5.41, 5.74) is 1.94. The van der Waals surface area contributed by atoms with Crippen molar-refractivity contribution in [3.63, 3.8) is 0 Å². The van der Waals surface area contributed by atoms with Gasteiger partial charge < -0.3 is 14.8 Å². The fraction of sp³-hybridized carbons (Fsp3) is 0.190. The van der Waals surface area contributed by atoms with Gasteiger partial charge >= 0.3 is 5.69 Å². The minimum absolute atomic E-state index is 0.316. The number of aromatic nitrogens is 4. The number of imidazole rings is 1. The Bertz CT molecular complexity index is 1200. The highest BCUT2D eigenvalue weighted by Crippen LogP contribution is 2.26. The van der Waals surface area contributed by atoms with Gasteiger partial charge in [-0.15, -0.1) is 0 Å². The molecule has 7 heteroatoms. The van der Waals surface area contributed by atoms with E-state index in [1.807, 2.05) is 36.4 Å². The van der Waals surface area contributed by atoms with Gasteiger partial charge in [0.15, 0.2) is 11.5 Å². The van der Waals surface area contributed by atoms with Crippen molar-refractivity contribution in [2.75, 3.05) is 7.11 Å². The standard InChI is InChI=1S/C21H20N4O3/c1-21(2,27)14-10-8-13(9-11-14)18-22-12-15-19(24-18)25(20(26)23-15)16-6-4-5-7-17(16)28-3/h4-12,27H,1-3H3,(H,23,26). The van der Waals surface area contributed by atoms with E-state index in [2.05, 4.69) is 15.0 Å². The number of hydrogen-bond acceptors (Lipinski definition) is 5. The van der Waals surface area contributed by atoms with Crippen LogP contribution in [0, 0.1) is 0 Å². The van der Waals surface area contributed by atoms with Gasteiger partial charge in [-0.2, -0.15) is 0 Å². The van der Waals surface area contributed by atoms with Gasteiger partial charge in [0.05, 0.1) is 24.6 Å². The first-order valence-corrected chi connectivity index (χ1v) is 8.83. The lowest BCUT2D eigenvalue weighted by Crippen LogP contribution is -2.16. The molecule has 0 aliphatic carbocycles. The molecule has 2 N–H and O–H groups in total. The van der Waals surface area contributed by atoms with Crippen LogP contribution in [0.3, 0.4) is 0 Å². The maximum Gasteiger partial charge on any atom is 0.332 e. The molecule has 142 valence electrons. The van der Waals surface area contributed by atoms with Gasteiger partial charge in [-0.3, -0.25) is 0 Å². The molecule has 28 heavy (non-hydrogen) atoms. The first-order valence-electron chi connectivity index (χ1n) is 8.83. The van der Waals surface area contributed by atoms with Crippen molar-refractivity contribution in [1.29, 1.82) is 0 Å². The molecule has 0 bridgehead atoms. The van der Waals surface area contributed by atoms with E-state index in [-0.39, 0.29) is 5.69 Å². The van der Waals surface area contributed by atoms with E-state index < -0.39 is 5.60 Å². The molecule has 0 atom stereocenters. The summed E-state index contributed by atoms with van der Waals surface area (Å²) in [6.45, 7) is 3.46. The average molecular weight is 376 g/mol. The van der Waals surface area contributed by atoms with Crippen LogP contribution in [-0.2, 0) is 5.60 Å². The number of hydrogen-bond donors (Lipinski definition) is 2. The molecular weight excluding hydrogens is 356 g/mol. The Hall–Kier alpha value is -3.45. The van der Waals surface area contributed by atoms with Crippen LogP contribution in [0.5, 0.6) is 5.75 Å². The zero-order valence-electron chi connectivity index (χ0n) is 15.8. The quantitative estimate of drug-likeness (QED) is 0.571. The first-order chi connectivity index (χ1) is 13.4. The Morgan fingerprint density at radius 1 is 1.11 bits per heavy atom. The predicted octanol–water partition coefficient (Wildman–Crippen LogP) is 3.01. The van der Waals surface area contributed by atoms with Crippen LogP contribution in [-0.4, -0.2) is 31.7 Å². The summed E-state index contributed by atoms with van der Waals surface area (Å²) in [4.78, 5) is 24.3. The van der Waals surface area contributed by atoms with Gasteiger partial charge in [0.25, 0.3) is 0 Å². The number of rotatable bonds is 4. The zero-order valence-corrected chi connectivity index (χ0v) is 15.8. The van der Waals surface area contributed by atoms with E-state index in [9.17, 15) is 9.90 Å². The highest BCUT2D eigenvalue weighted by molar-refractivity contribution is 5.75. The molecule has 2 aromatic carbocycles. The van der Waals surface area contributed by atoms with Crippen LogP contribution in [0.15, 0.2) is 59.5 Å². The van der Waals surface area contributed by atoms with Crippen LogP contribution in [0.4, 0.5) is 0 Å². The lowest BCUT2D eigenvalue weighted by Gasteiger charge is -2.17. The molecule has 0 aliphatic rings. The van der Waals surface area contributed by atoms with Crippen molar-refractivity contribution in [1.82, 2.24) is 19.5 Å². The number of nitrogens with one attached hydrogen (secondary N) is 1. The summed E-state index contributed by atoms with van der Waals surface area (Å²) in [6, 6.07) is 14.7. The largest absolute Gasteiger partial charge is 0.495 e. The minimum atomic E-state index is -0.922. The Balaban J connectivity index is 1.87. The summed E-state index contributed by atoms with van der Waals surface area (Å²) in [6.07, 6.45) is 1.59. The van der Waals surface area contributed by atoms with Crippen molar-refractivity contribution in [2.24, 2.45) is 0 Å². The SMILES string of the molecule is COc1ccccc1-n1c(=O)[nH]c2cnc(-c3ccc(C(C)(C)O)cc3)nc21. The minimum Gasteiger partial charge on any atom is -0.495 e. The summed E-state index contributed by atoms with van der Waals surface area (Å²) in [5, 5.41) is 10.1. The van der Waals surface area contributed by atoms with E-state index in [0.29, 0.717) is 28.4 Å². The number of para-hydroxylation sites is 2. The maximum atomic E-state index is 12.6. The first kappa shape index (κ1) is 17.9. The molecule has 4 rings (SSSR count). The van der Waals surface area contributed by atoms with Gasteiger partial charge in [-0.1, -0.05) is 36.4 Å². The third kappa shape index (κ3) is 3.05. The van der Waals surface area contributed by atoms with E-state index in [1.165, 1.54) is 4.57 Å². The molecule has 0 amide bonds. The smallest absolute Gasteiger partial charge is 0.332 e. The Labute approximate surface area is 161 Å². The van der Waals surface area contributed by atoms with Crippen molar-refractivity contribution in [3.8, 4) is 22.8 Å². The highest BCUT2D eigenvalue weighted by atomic mass is 16.5. The molecule has 0 saturated heterocycles. The molecule has 0 saturated carbocycles. The van der Waals surface area contributed by atoms with E-state index >= 15 is 0 Å². The van der Waals surface area contributed by atoms with Crippen molar-refractivity contribution in [2.45, 2.75) is 19.4 Å². The number of aromatic amines is 1. The number of benzene rings is 2. The second-order valence-electron chi connectivity index (χ2n) is 7.00. The van der Waals surface area contributed by atoms with Crippen LogP contribution >= 0.6 is 0 Å². The van der Waals surface area contributed by atoms with Crippen molar-refractivity contribution >= 4 is 11.2 Å². The van der Waals surface area contributed by atoms with Gasteiger partial charge in [-0.05, 0) is 31.5 Å². The van der Waals surface area contributed by atoms with Gasteiger partial charge in [0.2, 0.25) is 0 Å². The molecule has 7 nitrogen and oxygen atoms in total. The lowest BCUT2D eigenvalue weighted by molar-refractivity contribution is 0.0786. The number of methoxy groups -OCH3 is 1. The second kappa shape index (κ2) is 6.61. The number of aliphatic hydroxyl groups is 1. The highest BCUT2D eigenvalue weighted by Gasteiger charge is 2.17. The molecular formula is C21H20N4O3. The number of ether oxygens (including phenoxy) is 1. The third-order valence-electron chi connectivity index (χ3n) is 4.60. The number of H-pyrrole nitrogens is 1. The summed E-state index contributed by atoms with van der Waals surface area (Å²) in [5.74, 6) is 1.05. The molecule has 0 unspecified atom stereocenters. The normalized spacial score (nSPS) is 11.7. The Kier molecular flexibility index (Phi) is 4.24. The van der Waals surface area contributed by atoms with Crippen molar-refractivity contribution in [3.05, 3.63) is 70.8 Å². The van der Waals surface area contributed by atoms with Gasteiger partial charge in [0.1, 0.15) is 11.3 Å². The zero-order chi connectivity index (χ0) is 19.9. The molecule has 0 fully saturated rings. The maximum absolute atomic E-state index is 12.6. The summed E-state index contributed by atoms with van der Waals surface area (Å²) < 4.78 is 6.87. The van der Waals surface area contributed by atoms with Crippen LogP contribution in [0.25, 0.3) is 28.2 Å². The summed E-state index contributed by atoms with van der Waals surface area (Å²) >= 11 is 0. The van der Waals surface area contributed by atoms with Gasteiger partial charge in [0, 0.05) is 5.56 Å². The number of nitrogens with zero attached hydrogens (tertiary/aromatic N) is 3. The fourth-order valence-electron chi connectivity index (χ4n) is 3.10. The second-order valence-corrected chi connectivity index (χ2v) is 7.00. The molecule has 0 radical (unpaired) electrons. The van der Waals surface area contributed by atoms with Crippen LogP contribution in [0.2, 0.25) is 0 Å². The third-order valence-corrected chi connectivity index (χ3v) is 4.60. The van der Waals surface area contributed by atoms with Gasteiger partial charge in [-0.25, -0.2) is 19.3 Å². The van der Waals surface area contributed by atoms with E-state index in [4.69, 9.17) is 4.74 Å². The van der Waals surface area contributed by atoms with Crippen LogP contribution < -0.4 is 10.4 Å². The van der Waals surface area contributed by atoms with E-state index in [1.54, 1.807) is 39.3 Å². The Morgan fingerprint density at radius 3 is 2.50 bits per heavy atom. The molecule has 2 heterocycles. The monoisotopic (exact) mass is 376 g/mol.